The number of aliphatic hydroxyl groups excluding tert-OH is 1. The van der Waals surface area contributed by atoms with Crippen molar-refractivity contribution in [3.05, 3.63) is 80.3 Å². The van der Waals surface area contributed by atoms with Gasteiger partial charge in [0.15, 0.2) is 6.10 Å². The Morgan fingerprint density at radius 1 is 1.12 bits per heavy atom. The first-order chi connectivity index (χ1) is 15.0. The van der Waals surface area contributed by atoms with Gasteiger partial charge in [-0.2, -0.15) is 23.0 Å². The Morgan fingerprint density at radius 3 is 2.47 bits per heavy atom. The van der Waals surface area contributed by atoms with E-state index in [1.807, 2.05) is 5.32 Å². The Kier molecular flexibility index (Phi) is 6.87. The summed E-state index contributed by atoms with van der Waals surface area (Å²) in [5.74, 6) is -1.87. The molecule has 0 bridgehead atoms. The summed E-state index contributed by atoms with van der Waals surface area (Å²) in [6.45, 7) is -1.17. The van der Waals surface area contributed by atoms with Gasteiger partial charge < -0.3 is 10.4 Å². The van der Waals surface area contributed by atoms with Crippen molar-refractivity contribution in [2.24, 2.45) is 0 Å². The van der Waals surface area contributed by atoms with E-state index < -0.39 is 41.7 Å². The molecule has 0 aliphatic rings. The van der Waals surface area contributed by atoms with Crippen LogP contribution in [-0.2, 0) is 0 Å². The molecule has 6 nitrogen and oxygen atoms in total. The molecule has 1 atom stereocenters. The standard InChI is InChI=1S/C20H13Cl2F4N3O3/c21-14-5-4-10(6-15(14)22)16-8-13(18(31)27-9-17(30)20(24,25)26)19(32)29(28-16)12-3-1-2-11(23)7-12/h1-8,17,30H,9H2,(H,27,31)/t17-/m1/s1. The zero-order valence-electron chi connectivity index (χ0n) is 15.8. The quantitative estimate of drug-likeness (QED) is 0.530. The number of nitrogens with zero attached hydrogens (tertiary/aromatic N) is 2. The molecule has 0 radical (unpaired) electrons. The monoisotopic (exact) mass is 489 g/mol. The van der Waals surface area contributed by atoms with Crippen molar-refractivity contribution in [2.75, 3.05) is 6.54 Å². The molecule has 1 heterocycles. The summed E-state index contributed by atoms with van der Waals surface area (Å²) in [4.78, 5) is 25.4. The maximum atomic E-state index is 13.7. The summed E-state index contributed by atoms with van der Waals surface area (Å²) in [5, 5.41) is 15.5. The number of rotatable bonds is 5. The summed E-state index contributed by atoms with van der Waals surface area (Å²) >= 11 is 11.9. The van der Waals surface area contributed by atoms with E-state index in [0.29, 0.717) is 5.56 Å². The van der Waals surface area contributed by atoms with Gasteiger partial charge in [-0.15, -0.1) is 0 Å². The molecule has 2 N–H and O–H groups in total. The van der Waals surface area contributed by atoms with Crippen LogP contribution < -0.4 is 10.9 Å². The van der Waals surface area contributed by atoms with Crippen molar-refractivity contribution in [1.82, 2.24) is 15.1 Å². The molecule has 0 aliphatic carbocycles. The SMILES string of the molecule is O=C(NC[C@@H](O)C(F)(F)F)c1cc(-c2ccc(Cl)c(Cl)c2)nn(-c2cccc(F)c2)c1=O. The maximum absolute atomic E-state index is 13.7. The fraction of sp³-hybridized carbons (Fsp3) is 0.150. The number of aliphatic hydroxyl groups is 1. The third kappa shape index (κ3) is 5.26. The lowest BCUT2D eigenvalue weighted by Gasteiger charge is -2.15. The van der Waals surface area contributed by atoms with Crippen molar-refractivity contribution in [3.63, 3.8) is 0 Å². The minimum Gasteiger partial charge on any atom is -0.382 e. The summed E-state index contributed by atoms with van der Waals surface area (Å²) < 4.78 is 52.0. The van der Waals surface area contributed by atoms with Gasteiger partial charge in [-0.3, -0.25) is 9.59 Å². The molecule has 0 saturated heterocycles. The van der Waals surface area contributed by atoms with Crippen molar-refractivity contribution in [2.45, 2.75) is 12.3 Å². The van der Waals surface area contributed by atoms with Gasteiger partial charge in [-0.25, -0.2) is 4.39 Å². The van der Waals surface area contributed by atoms with E-state index in [1.54, 1.807) is 0 Å². The molecule has 168 valence electrons. The molecule has 3 rings (SSSR count). The first kappa shape index (κ1) is 23.7. The second kappa shape index (κ2) is 9.27. The third-order valence-electron chi connectivity index (χ3n) is 4.26. The van der Waals surface area contributed by atoms with Crippen molar-refractivity contribution in [3.8, 4) is 16.9 Å². The van der Waals surface area contributed by atoms with E-state index in [1.165, 1.54) is 30.3 Å². The van der Waals surface area contributed by atoms with Crippen LogP contribution in [-0.4, -0.2) is 39.6 Å². The van der Waals surface area contributed by atoms with Crippen molar-refractivity contribution in [1.29, 1.82) is 0 Å². The van der Waals surface area contributed by atoms with Gasteiger partial charge in [-0.1, -0.05) is 35.3 Å². The number of benzene rings is 2. The lowest BCUT2D eigenvalue weighted by molar-refractivity contribution is -0.201. The van der Waals surface area contributed by atoms with E-state index in [-0.39, 0.29) is 21.4 Å². The average molecular weight is 490 g/mol. The van der Waals surface area contributed by atoms with Crippen LogP contribution in [0.2, 0.25) is 10.0 Å². The highest BCUT2D eigenvalue weighted by atomic mass is 35.5. The van der Waals surface area contributed by atoms with Crippen LogP contribution in [0, 0.1) is 5.82 Å². The molecule has 1 amide bonds. The lowest BCUT2D eigenvalue weighted by Crippen LogP contribution is -2.42. The van der Waals surface area contributed by atoms with E-state index in [0.717, 1.165) is 22.9 Å². The van der Waals surface area contributed by atoms with Crippen molar-refractivity contribution < 1.29 is 27.5 Å². The molecule has 32 heavy (non-hydrogen) atoms. The topological polar surface area (TPSA) is 84.2 Å². The molecule has 12 heteroatoms. The predicted octanol–water partition coefficient (Wildman–Crippen LogP) is 4.00. The maximum Gasteiger partial charge on any atom is 0.416 e. The largest absolute Gasteiger partial charge is 0.416 e. The van der Waals surface area contributed by atoms with Gasteiger partial charge in [0.2, 0.25) is 0 Å². The summed E-state index contributed by atoms with van der Waals surface area (Å²) in [5.41, 5.74) is -1.26. The van der Waals surface area contributed by atoms with Gasteiger partial charge in [-0.05, 0) is 36.4 Å². The van der Waals surface area contributed by atoms with Crippen LogP contribution >= 0.6 is 23.2 Å². The summed E-state index contributed by atoms with van der Waals surface area (Å²) in [7, 11) is 0. The minimum atomic E-state index is -4.96. The minimum absolute atomic E-state index is 0.0266. The zero-order chi connectivity index (χ0) is 23.6. The smallest absolute Gasteiger partial charge is 0.382 e. The molecule has 0 saturated carbocycles. The highest BCUT2D eigenvalue weighted by Crippen LogP contribution is 2.28. The first-order valence-corrected chi connectivity index (χ1v) is 9.61. The number of hydrogen-bond donors (Lipinski definition) is 2. The normalized spacial score (nSPS) is 12.5. The Hall–Kier alpha value is -2.95. The van der Waals surface area contributed by atoms with E-state index in [4.69, 9.17) is 28.3 Å². The van der Waals surface area contributed by atoms with Crippen LogP contribution in [0.4, 0.5) is 17.6 Å². The molecule has 1 aromatic heterocycles. The van der Waals surface area contributed by atoms with Crippen LogP contribution in [0.1, 0.15) is 10.4 Å². The Balaban J connectivity index is 2.11. The van der Waals surface area contributed by atoms with Crippen LogP contribution in [0.25, 0.3) is 16.9 Å². The highest BCUT2D eigenvalue weighted by Gasteiger charge is 2.38. The third-order valence-corrected chi connectivity index (χ3v) is 5.00. The molecule has 0 spiro atoms. The van der Waals surface area contributed by atoms with Gasteiger partial charge >= 0.3 is 6.18 Å². The molecule has 0 fully saturated rings. The Bertz CT molecular complexity index is 1230. The van der Waals surface area contributed by atoms with Crippen LogP contribution in [0.15, 0.2) is 53.3 Å². The number of halogens is 6. The van der Waals surface area contributed by atoms with Crippen molar-refractivity contribution >= 4 is 29.1 Å². The predicted molar refractivity (Wildman–Crippen MR) is 110 cm³/mol. The molecule has 2 aromatic carbocycles. The van der Waals surface area contributed by atoms with Gasteiger partial charge in [0, 0.05) is 5.56 Å². The van der Waals surface area contributed by atoms with E-state index >= 15 is 0 Å². The first-order valence-electron chi connectivity index (χ1n) is 8.86. The highest BCUT2D eigenvalue weighted by molar-refractivity contribution is 6.42. The van der Waals surface area contributed by atoms with Gasteiger partial charge in [0.1, 0.15) is 11.4 Å². The number of aromatic nitrogens is 2. The number of nitrogens with one attached hydrogen (secondary N) is 1. The second-order valence-electron chi connectivity index (χ2n) is 6.54. The molecule has 3 aromatic rings. The Labute approximate surface area is 188 Å². The van der Waals surface area contributed by atoms with E-state index in [2.05, 4.69) is 5.10 Å². The van der Waals surface area contributed by atoms with E-state index in [9.17, 15) is 27.2 Å². The molecule has 0 unspecified atom stereocenters. The number of carbonyl (C=O) groups is 1. The molecule has 0 aliphatic heterocycles. The number of alkyl halides is 3. The average Bonchev–Trinajstić information content (AvgIpc) is 2.73. The van der Waals surface area contributed by atoms with Gasteiger partial charge in [0.25, 0.3) is 11.5 Å². The Morgan fingerprint density at radius 2 is 1.84 bits per heavy atom. The zero-order valence-corrected chi connectivity index (χ0v) is 17.3. The number of hydrogen-bond acceptors (Lipinski definition) is 4. The van der Waals surface area contributed by atoms with Gasteiger partial charge in [0.05, 0.1) is 28.0 Å². The number of amides is 1. The molecular formula is C20H13Cl2F4N3O3. The summed E-state index contributed by atoms with van der Waals surface area (Å²) in [6.07, 6.45) is -7.79. The van der Waals surface area contributed by atoms with Crippen LogP contribution in [0.5, 0.6) is 0 Å². The lowest BCUT2D eigenvalue weighted by atomic mass is 10.1. The van der Waals surface area contributed by atoms with Crippen LogP contribution in [0.3, 0.4) is 0 Å². The number of carbonyl (C=O) groups excluding carboxylic acids is 1. The fourth-order valence-corrected chi connectivity index (χ4v) is 2.94. The summed E-state index contributed by atoms with van der Waals surface area (Å²) in [6, 6.07) is 10.2. The second-order valence-corrected chi connectivity index (χ2v) is 7.35. The fourth-order valence-electron chi connectivity index (χ4n) is 2.64. The molecular weight excluding hydrogens is 477 g/mol.